The van der Waals surface area contributed by atoms with E-state index in [0.29, 0.717) is 11.5 Å². The number of benzene rings is 1. The number of H-pyrrole nitrogens is 1. The van der Waals surface area contributed by atoms with Crippen LogP contribution in [-0.4, -0.2) is 27.6 Å². The van der Waals surface area contributed by atoms with Crippen LogP contribution in [0.2, 0.25) is 0 Å². The SMILES string of the molecule is C=C(N)NCCCNC(C)c1ccc(-n2cc3cc(C)[nH]c3nc2=O)cc1. The molecule has 0 radical (unpaired) electrons. The summed E-state index contributed by atoms with van der Waals surface area (Å²) in [5.41, 5.74) is 8.75. The van der Waals surface area contributed by atoms with Crippen molar-refractivity contribution in [2.24, 2.45) is 5.73 Å². The van der Waals surface area contributed by atoms with Gasteiger partial charge in [0, 0.05) is 29.9 Å². The number of aromatic nitrogens is 3. The molecule has 0 aliphatic heterocycles. The Morgan fingerprint density at radius 1 is 1.33 bits per heavy atom. The van der Waals surface area contributed by atoms with Gasteiger partial charge in [0.25, 0.3) is 0 Å². The van der Waals surface area contributed by atoms with E-state index in [-0.39, 0.29) is 11.7 Å². The molecule has 0 spiro atoms. The monoisotopic (exact) mass is 366 g/mol. The fraction of sp³-hybridized carbons (Fsp3) is 0.300. The second-order valence-electron chi connectivity index (χ2n) is 6.72. The van der Waals surface area contributed by atoms with Crippen molar-refractivity contribution >= 4 is 11.0 Å². The first kappa shape index (κ1) is 18.7. The number of hydrogen-bond donors (Lipinski definition) is 4. The molecular weight excluding hydrogens is 340 g/mol. The Morgan fingerprint density at radius 3 is 2.78 bits per heavy atom. The predicted octanol–water partition coefficient (Wildman–Crippen LogP) is 2.08. The molecule has 5 N–H and O–H groups in total. The number of nitrogens with two attached hydrogens (primary N) is 1. The van der Waals surface area contributed by atoms with E-state index in [1.165, 1.54) is 0 Å². The lowest BCUT2D eigenvalue weighted by atomic mass is 10.1. The molecule has 2 aromatic heterocycles. The first-order chi connectivity index (χ1) is 12.9. The van der Waals surface area contributed by atoms with Gasteiger partial charge in [-0.3, -0.25) is 4.57 Å². The van der Waals surface area contributed by atoms with Crippen LogP contribution in [0.15, 0.2) is 53.7 Å². The highest BCUT2D eigenvalue weighted by molar-refractivity contribution is 5.75. The number of hydrogen-bond acceptors (Lipinski definition) is 5. The van der Waals surface area contributed by atoms with Crippen LogP contribution < -0.4 is 22.1 Å². The number of nitrogens with one attached hydrogen (secondary N) is 3. The molecule has 0 saturated heterocycles. The van der Waals surface area contributed by atoms with Crippen molar-refractivity contribution in [3.63, 3.8) is 0 Å². The summed E-state index contributed by atoms with van der Waals surface area (Å²) < 4.78 is 1.57. The third kappa shape index (κ3) is 4.57. The quantitative estimate of drug-likeness (QED) is 0.457. The fourth-order valence-corrected chi connectivity index (χ4v) is 3.01. The maximum Gasteiger partial charge on any atom is 0.354 e. The first-order valence-electron chi connectivity index (χ1n) is 9.05. The van der Waals surface area contributed by atoms with E-state index < -0.39 is 0 Å². The number of nitrogens with zero attached hydrogens (tertiary/aromatic N) is 2. The zero-order valence-corrected chi connectivity index (χ0v) is 15.7. The Hall–Kier alpha value is -3.06. The average Bonchev–Trinajstić information content (AvgIpc) is 2.99. The van der Waals surface area contributed by atoms with Gasteiger partial charge in [-0.2, -0.15) is 4.98 Å². The molecule has 0 amide bonds. The Balaban J connectivity index is 1.67. The van der Waals surface area contributed by atoms with Crippen LogP contribution in [0.4, 0.5) is 0 Å². The van der Waals surface area contributed by atoms with Gasteiger partial charge in [0.05, 0.1) is 11.5 Å². The molecular formula is C20H26N6O. The minimum atomic E-state index is -0.294. The summed E-state index contributed by atoms with van der Waals surface area (Å²) in [5.74, 6) is 0.497. The standard InChI is InChI=1S/C20H26N6O/c1-13-11-17-12-26(20(27)25-19(17)24-13)18-7-5-16(6-8-18)14(2)22-9-4-10-23-15(3)21/h5-8,11-12,14,22-23H,3-4,9-10,21H2,1-2H3,(H,24,25,27). The normalized spacial score (nSPS) is 12.2. The second kappa shape index (κ2) is 8.09. The number of fused-ring (bicyclic) bond motifs is 1. The molecule has 0 fully saturated rings. The van der Waals surface area contributed by atoms with Crippen LogP contribution in [0, 0.1) is 6.92 Å². The lowest BCUT2D eigenvalue weighted by Crippen LogP contribution is -2.25. The Kier molecular flexibility index (Phi) is 5.61. The molecule has 3 rings (SSSR count). The van der Waals surface area contributed by atoms with Gasteiger partial charge in [0.1, 0.15) is 5.65 Å². The van der Waals surface area contributed by atoms with Gasteiger partial charge in [-0.15, -0.1) is 0 Å². The topological polar surface area (TPSA) is 101 Å². The van der Waals surface area contributed by atoms with Crippen molar-refractivity contribution in [3.8, 4) is 5.69 Å². The molecule has 0 saturated carbocycles. The molecule has 7 nitrogen and oxygen atoms in total. The molecule has 1 unspecified atom stereocenters. The van der Waals surface area contributed by atoms with Gasteiger partial charge in [-0.1, -0.05) is 18.7 Å². The van der Waals surface area contributed by atoms with Gasteiger partial charge in [-0.25, -0.2) is 4.79 Å². The highest BCUT2D eigenvalue weighted by Gasteiger charge is 2.08. The van der Waals surface area contributed by atoms with Crippen LogP contribution in [-0.2, 0) is 0 Å². The summed E-state index contributed by atoms with van der Waals surface area (Å²) in [5, 5.41) is 7.40. The fourth-order valence-electron chi connectivity index (χ4n) is 3.01. The van der Waals surface area contributed by atoms with Crippen molar-refractivity contribution < 1.29 is 0 Å². The summed E-state index contributed by atoms with van der Waals surface area (Å²) in [6.07, 6.45) is 2.78. The first-order valence-corrected chi connectivity index (χ1v) is 9.05. The minimum absolute atomic E-state index is 0.213. The third-order valence-electron chi connectivity index (χ3n) is 4.47. The zero-order valence-electron chi connectivity index (χ0n) is 15.7. The molecule has 142 valence electrons. The van der Waals surface area contributed by atoms with Crippen LogP contribution in [0.25, 0.3) is 16.7 Å². The zero-order chi connectivity index (χ0) is 19.4. The Bertz CT molecular complexity index is 986. The lowest BCUT2D eigenvalue weighted by Gasteiger charge is -2.15. The maximum atomic E-state index is 12.3. The molecule has 1 aromatic carbocycles. The lowest BCUT2D eigenvalue weighted by molar-refractivity contribution is 0.549. The van der Waals surface area contributed by atoms with Gasteiger partial charge in [0.2, 0.25) is 0 Å². The second-order valence-corrected chi connectivity index (χ2v) is 6.72. The highest BCUT2D eigenvalue weighted by atomic mass is 16.1. The number of aromatic amines is 1. The van der Waals surface area contributed by atoms with E-state index in [1.54, 1.807) is 4.57 Å². The van der Waals surface area contributed by atoms with E-state index in [1.807, 2.05) is 43.5 Å². The molecule has 3 aromatic rings. The molecule has 0 aliphatic rings. The summed E-state index contributed by atoms with van der Waals surface area (Å²) >= 11 is 0. The van der Waals surface area contributed by atoms with Crippen molar-refractivity contribution in [2.45, 2.75) is 26.3 Å². The van der Waals surface area contributed by atoms with E-state index in [9.17, 15) is 4.79 Å². The van der Waals surface area contributed by atoms with Crippen molar-refractivity contribution in [1.82, 2.24) is 25.2 Å². The minimum Gasteiger partial charge on any atom is -0.386 e. The smallest absolute Gasteiger partial charge is 0.354 e. The Morgan fingerprint density at radius 2 is 2.07 bits per heavy atom. The van der Waals surface area contributed by atoms with Crippen LogP contribution in [0.3, 0.4) is 0 Å². The van der Waals surface area contributed by atoms with E-state index >= 15 is 0 Å². The van der Waals surface area contributed by atoms with E-state index in [0.717, 1.165) is 41.8 Å². The summed E-state index contributed by atoms with van der Waals surface area (Å²) in [6, 6.07) is 10.2. The summed E-state index contributed by atoms with van der Waals surface area (Å²) in [6.45, 7) is 9.34. The molecule has 0 aliphatic carbocycles. The summed E-state index contributed by atoms with van der Waals surface area (Å²) in [7, 11) is 0. The van der Waals surface area contributed by atoms with Crippen molar-refractivity contribution in [3.05, 3.63) is 70.7 Å². The van der Waals surface area contributed by atoms with Gasteiger partial charge >= 0.3 is 5.69 Å². The highest BCUT2D eigenvalue weighted by Crippen LogP contribution is 2.17. The molecule has 0 bridgehead atoms. The summed E-state index contributed by atoms with van der Waals surface area (Å²) in [4.78, 5) is 19.5. The van der Waals surface area contributed by atoms with Gasteiger partial charge in [-0.05, 0) is 50.6 Å². The maximum absolute atomic E-state index is 12.3. The average molecular weight is 366 g/mol. The third-order valence-corrected chi connectivity index (χ3v) is 4.47. The number of aryl methyl sites for hydroxylation is 1. The van der Waals surface area contributed by atoms with Crippen molar-refractivity contribution in [2.75, 3.05) is 13.1 Å². The molecule has 7 heteroatoms. The molecule has 27 heavy (non-hydrogen) atoms. The van der Waals surface area contributed by atoms with E-state index in [2.05, 4.69) is 34.1 Å². The van der Waals surface area contributed by atoms with Gasteiger partial charge < -0.3 is 21.4 Å². The van der Waals surface area contributed by atoms with Crippen LogP contribution >= 0.6 is 0 Å². The largest absolute Gasteiger partial charge is 0.386 e. The van der Waals surface area contributed by atoms with Crippen LogP contribution in [0.5, 0.6) is 0 Å². The predicted molar refractivity (Wildman–Crippen MR) is 109 cm³/mol. The molecule has 2 heterocycles. The molecule has 1 atom stereocenters. The van der Waals surface area contributed by atoms with Gasteiger partial charge in [0.15, 0.2) is 0 Å². The Labute approximate surface area is 158 Å². The van der Waals surface area contributed by atoms with Crippen LogP contribution in [0.1, 0.15) is 30.6 Å². The van der Waals surface area contributed by atoms with Crippen molar-refractivity contribution in [1.29, 1.82) is 0 Å². The van der Waals surface area contributed by atoms with E-state index in [4.69, 9.17) is 5.73 Å². The number of rotatable bonds is 8.